The monoisotopic (exact) mass is 332 g/mol. The second-order valence-corrected chi connectivity index (χ2v) is 4.99. The van der Waals surface area contributed by atoms with Crippen LogP contribution in [0.4, 0.5) is 4.39 Å². The van der Waals surface area contributed by atoms with Crippen LogP contribution in [0.5, 0.6) is 11.5 Å². The zero-order valence-corrected chi connectivity index (χ0v) is 13.5. The fourth-order valence-electron chi connectivity index (χ4n) is 2.09. The summed E-state index contributed by atoms with van der Waals surface area (Å²) in [7, 11) is 2.94. The van der Waals surface area contributed by atoms with E-state index in [4.69, 9.17) is 14.2 Å². The van der Waals surface area contributed by atoms with Gasteiger partial charge >= 0.3 is 5.97 Å². The maximum absolute atomic E-state index is 12.9. The highest BCUT2D eigenvalue weighted by atomic mass is 19.1. The summed E-state index contributed by atoms with van der Waals surface area (Å²) >= 11 is 0. The first-order valence-corrected chi connectivity index (χ1v) is 7.19. The third-order valence-corrected chi connectivity index (χ3v) is 3.40. The molecule has 0 aliphatic heterocycles. The number of halogens is 1. The zero-order valence-electron chi connectivity index (χ0n) is 13.5. The normalized spacial score (nSPS) is 11.5. The van der Waals surface area contributed by atoms with Crippen LogP contribution in [0.15, 0.2) is 42.5 Å². The Morgan fingerprint density at radius 2 is 1.50 bits per heavy atom. The lowest BCUT2D eigenvalue weighted by molar-refractivity contribution is 0.0318. The molecular weight excluding hydrogens is 315 g/mol. The second kappa shape index (κ2) is 7.59. The number of carbonyl (C=O) groups is 2. The van der Waals surface area contributed by atoms with Crippen LogP contribution < -0.4 is 9.47 Å². The largest absolute Gasteiger partial charge is 0.493 e. The van der Waals surface area contributed by atoms with E-state index in [0.29, 0.717) is 11.5 Å². The molecule has 6 heteroatoms. The van der Waals surface area contributed by atoms with Crippen LogP contribution in [0.3, 0.4) is 0 Å². The highest BCUT2D eigenvalue weighted by Crippen LogP contribution is 2.28. The lowest BCUT2D eigenvalue weighted by Crippen LogP contribution is -2.24. The van der Waals surface area contributed by atoms with Gasteiger partial charge in [0.2, 0.25) is 5.78 Å². The molecule has 0 amide bonds. The minimum Gasteiger partial charge on any atom is -0.493 e. The molecule has 126 valence electrons. The minimum absolute atomic E-state index is 0.228. The van der Waals surface area contributed by atoms with E-state index in [1.165, 1.54) is 57.5 Å². The van der Waals surface area contributed by atoms with Crippen LogP contribution in [0.1, 0.15) is 27.6 Å². The van der Waals surface area contributed by atoms with Gasteiger partial charge in [-0.05, 0) is 49.4 Å². The lowest BCUT2D eigenvalue weighted by Gasteiger charge is -2.13. The van der Waals surface area contributed by atoms with Gasteiger partial charge in [-0.3, -0.25) is 4.79 Å². The number of Topliss-reactive ketones (excluding diaryl/α,β-unsaturated/α-hetero) is 1. The minimum atomic E-state index is -1.00. The number of hydrogen-bond acceptors (Lipinski definition) is 5. The Bertz CT molecular complexity index is 740. The zero-order chi connectivity index (χ0) is 17.7. The van der Waals surface area contributed by atoms with Gasteiger partial charge in [0.1, 0.15) is 5.82 Å². The van der Waals surface area contributed by atoms with E-state index < -0.39 is 23.7 Å². The molecule has 0 radical (unpaired) electrons. The van der Waals surface area contributed by atoms with Crippen LogP contribution >= 0.6 is 0 Å². The maximum atomic E-state index is 12.9. The van der Waals surface area contributed by atoms with Crippen LogP contribution in [-0.2, 0) is 4.74 Å². The summed E-state index contributed by atoms with van der Waals surface area (Å²) in [5.74, 6) is -0.668. The first-order valence-electron chi connectivity index (χ1n) is 7.19. The van der Waals surface area contributed by atoms with Crippen molar-refractivity contribution in [2.24, 2.45) is 0 Å². The molecule has 0 unspecified atom stereocenters. The fourth-order valence-corrected chi connectivity index (χ4v) is 2.09. The van der Waals surface area contributed by atoms with Crippen molar-refractivity contribution in [2.45, 2.75) is 13.0 Å². The number of methoxy groups -OCH3 is 2. The number of rotatable bonds is 6. The molecular formula is C18H17FO5. The van der Waals surface area contributed by atoms with E-state index in [2.05, 4.69) is 0 Å². The summed E-state index contributed by atoms with van der Waals surface area (Å²) in [6.45, 7) is 1.46. The average molecular weight is 332 g/mol. The van der Waals surface area contributed by atoms with Gasteiger partial charge in [-0.2, -0.15) is 0 Å². The number of benzene rings is 2. The van der Waals surface area contributed by atoms with Gasteiger partial charge in [-0.1, -0.05) is 0 Å². The first kappa shape index (κ1) is 17.5. The molecule has 0 saturated heterocycles. The molecule has 2 aromatic carbocycles. The van der Waals surface area contributed by atoms with Gasteiger partial charge in [-0.15, -0.1) is 0 Å². The Kier molecular flexibility index (Phi) is 5.52. The summed E-state index contributed by atoms with van der Waals surface area (Å²) in [5, 5.41) is 0. The number of ether oxygens (including phenoxy) is 3. The molecule has 0 aliphatic carbocycles. The second-order valence-electron chi connectivity index (χ2n) is 4.99. The Balaban J connectivity index is 2.11. The first-order chi connectivity index (χ1) is 11.5. The van der Waals surface area contributed by atoms with Crippen molar-refractivity contribution in [2.75, 3.05) is 14.2 Å². The van der Waals surface area contributed by atoms with Crippen LogP contribution in [0.2, 0.25) is 0 Å². The van der Waals surface area contributed by atoms with Crippen LogP contribution in [0.25, 0.3) is 0 Å². The maximum Gasteiger partial charge on any atom is 0.338 e. The molecule has 2 rings (SSSR count). The summed E-state index contributed by atoms with van der Waals surface area (Å²) in [4.78, 5) is 24.4. The van der Waals surface area contributed by atoms with Gasteiger partial charge < -0.3 is 14.2 Å². The number of carbonyl (C=O) groups excluding carboxylic acids is 2. The summed E-state index contributed by atoms with van der Waals surface area (Å²) < 4.78 is 28.3. The van der Waals surface area contributed by atoms with E-state index in [1.54, 1.807) is 6.07 Å². The predicted octanol–water partition coefficient (Wildman–Crippen LogP) is 3.27. The quantitative estimate of drug-likeness (QED) is 0.600. The van der Waals surface area contributed by atoms with E-state index in [0.717, 1.165) is 0 Å². The summed E-state index contributed by atoms with van der Waals surface area (Å²) in [6.07, 6.45) is -1.00. The van der Waals surface area contributed by atoms with E-state index in [-0.39, 0.29) is 11.1 Å². The highest BCUT2D eigenvalue weighted by molar-refractivity contribution is 6.01. The molecule has 0 aliphatic rings. The van der Waals surface area contributed by atoms with Gasteiger partial charge in [0.05, 0.1) is 19.8 Å². The molecule has 0 fully saturated rings. The molecule has 24 heavy (non-hydrogen) atoms. The molecule has 0 spiro atoms. The van der Waals surface area contributed by atoms with Gasteiger partial charge in [-0.25, -0.2) is 9.18 Å². The van der Waals surface area contributed by atoms with Gasteiger partial charge in [0.25, 0.3) is 0 Å². The van der Waals surface area contributed by atoms with E-state index in [1.807, 2.05) is 0 Å². The smallest absolute Gasteiger partial charge is 0.338 e. The third-order valence-electron chi connectivity index (χ3n) is 3.40. The van der Waals surface area contributed by atoms with Crippen molar-refractivity contribution in [3.8, 4) is 11.5 Å². The predicted molar refractivity (Wildman–Crippen MR) is 85.2 cm³/mol. The van der Waals surface area contributed by atoms with Gasteiger partial charge in [0.15, 0.2) is 17.6 Å². The van der Waals surface area contributed by atoms with Crippen molar-refractivity contribution in [1.82, 2.24) is 0 Å². The molecule has 0 bridgehead atoms. The SMILES string of the molecule is COc1ccc(C(=O)O[C@@H](C)C(=O)c2ccc(F)cc2)cc1OC. The number of ketones is 1. The standard InChI is InChI=1S/C18H17FO5/c1-11(17(20)12-4-7-14(19)8-5-12)24-18(21)13-6-9-15(22-2)16(10-13)23-3/h4-11H,1-3H3/t11-/m0/s1. The van der Waals surface area contributed by atoms with Gasteiger partial charge in [0, 0.05) is 5.56 Å². The molecule has 0 N–H and O–H groups in total. The average Bonchev–Trinajstić information content (AvgIpc) is 2.60. The summed E-state index contributed by atoms with van der Waals surface area (Å²) in [5.41, 5.74) is 0.496. The molecule has 0 heterocycles. The molecule has 2 aromatic rings. The Morgan fingerprint density at radius 3 is 2.08 bits per heavy atom. The van der Waals surface area contributed by atoms with Crippen molar-refractivity contribution in [3.05, 3.63) is 59.4 Å². The molecule has 1 atom stereocenters. The van der Waals surface area contributed by atoms with Crippen molar-refractivity contribution in [3.63, 3.8) is 0 Å². The van der Waals surface area contributed by atoms with Crippen LogP contribution in [0, 0.1) is 5.82 Å². The van der Waals surface area contributed by atoms with E-state index in [9.17, 15) is 14.0 Å². The van der Waals surface area contributed by atoms with Crippen LogP contribution in [-0.4, -0.2) is 32.1 Å². The van der Waals surface area contributed by atoms with E-state index >= 15 is 0 Å². The highest BCUT2D eigenvalue weighted by Gasteiger charge is 2.21. The fraction of sp³-hybridized carbons (Fsp3) is 0.222. The van der Waals surface area contributed by atoms with Crippen molar-refractivity contribution < 1.29 is 28.2 Å². The number of esters is 1. The summed E-state index contributed by atoms with van der Waals surface area (Å²) in [6, 6.07) is 9.60. The Morgan fingerprint density at radius 1 is 0.917 bits per heavy atom. The number of hydrogen-bond donors (Lipinski definition) is 0. The van der Waals surface area contributed by atoms with Crippen molar-refractivity contribution >= 4 is 11.8 Å². The molecule has 0 saturated carbocycles. The topological polar surface area (TPSA) is 61.8 Å². The molecule has 0 aromatic heterocycles. The Hall–Kier alpha value is -2.89. The lowest BCUT2D eigenvalue weighted by atomic mass is 10.1. The Labute approximate surface area is 139 Å². The molecule has 5 nitrogen and oxygen atoms in total. The van der Waals surface area contributed by atoms with Crippen molar-refractivity contribution in [1.29, 1.82) is 0 Å². The third kappa shape index (κ3) is 3.90.